The van der Waals surface area contributed by atoms with E-state index >= 15 is 0 Å². The average molecular weight is 465 g/mol. The first kappa shape index (κ1) is 21.1. The summed E-state index contributed by atoms with van der Waals surface area (Å²) in [5, 5.41) is 14.9. The molecule has 5 rings (SSSR count). The lowest BCUT2D eigenvalue weighted by atomic mass is 10.1. The third-order valence-corrected chi connectivity index (χ3v) is 6.43. The van der Waals surface area contributed by atoms with Crippen molar-refractivity contribution in [3.63, 3.8) is 0 Å². The number of furan rings is 1. The molecule has 1 aliphatic rings. The summed E-state index contributed by atoms with van der Waals surface area (Å²) in [7, 11) is 0. The van der Waals surface area contributed by atoms with Crippen LogP contribution in [0.3, 0.4) is 0 Å². The molecule has 0 bridgehead atoms. The molecule has 2 aromatic carbocycles. The monoisotopic (exact) mass is 464 g/mol. The van der Waals surface area contributed by atoms with E-state index in [0.717, 1.165) is 15.2 Å². The predicted molar refractivity (Wildman–Crippen MR) is 125 cm³/mol. The molecule has 0 aliphatic carbocycles. The predicted octanol–water partition coefficient (Wildman–Crippen LogP) is 4.23. The minimum absolute atomic E-state index is 0.131. The lowest BCUT2D eigenvalue weighted by Crippen LogP contribution is -2.38. The van der Waals surface area contributed by atoms with Crippen LogP contribution in [0.25, 0.3) is 21.0 Å². The van der Waals surface area contributed by atoms with Crippen LogP contribution >= 0.6 is 11.3 Å². The van der Waals surface area contributed by atoms with E-state index in [1.165, 1.54) is 23.5 Å². The van der Waals surface area contributed by atoms with Gasteiger partial charge in [-0.25, -0.2) is 4.98 Å². The average Bonchev–Trinajstić information content (AvgIpc) is 3.49. The Morgan fingerprint density at radius 1 is 1.15 bits per heavy atom. The summed E-state index contributed by atoms with van der Waals surface area (Å²) in [6.45, 7) is 2.45. The number of nitro benzene ring substituents is 1. The Balaban J connectivity index is 1.33. The van der Waals surface area contributed by atoms with Crippen molar-refractivity contribution in [3.05, 3.63) is 76.0 Å². The van der Waals surface area contributed by atoms with E-state index in [4.69, 9.17) is 9.15 Å². The first-order valence-corrected chi connectivity index (χ1v) is 11.2. The maximum absolute atomic E-state index is 13.0. The highest BCUT2D eigenvalue weighted by molar-refractivity contribution is 7.21. The van der Waals surface area contributed by atoms with Crippen molar-refractivity contribution in [1.29, 1.82) is 0 Å². The molecule has 168 valence electrons. The molecule has 1 fully saturated rings. The van der Waals surface area contributed by atoms with Gasteiger partial charge in [-0.1, -0.05) is 12.1 Å². The maximum Gasteiger partial charge on any atom is 0.270 e. The molecule has 4 aromatic rings. The number of non-ortho nitro benzene ring substituents is 1. The lowest BCUT2D eigenvalue weighted by Gasteiger charge is -2.30. The zero-order chi connectivity index (χ0) is 22.8. The largest absolute Gasteiger partial charge is 0.457 e. The number of hydrogen-bond acceptors (Lipinski definition) is 8. The van der Waals surface area contributed by atoms with Crippen LogP contribution < -0.4 is 10.2 Å². The summed E-state index contributed by atoms with van der Waals surface area (Å²) in [5.41, 5.74) is 1.68. The second kappa shape index (κ2) is 9.00. The summed E-state index contributed by atoms with van der Waals surface area (Å²) in [4.78, 5) is 30.4. The van der Waals surface area contributed by atoms with Crippen LogP contribution in [0.5, 0.6) is 0 Å². The quantitative estimate of drug-likeness (QED) is 0.336. The van der Waals surface area contributed by atoms with Crippen LogP contribution in [0.1, 0.15) is 16.1 Å². The number of aromatic nitrogens is 1. The van der Waals surface area contributed by atoms with E-state index in [2.05, 4.69) is 10.3 Å². The van der Waals surface area contributed by atoms with Gasteiger partial charge in [0.05, 0.1) is 46.1 Å². The Labute approximate surface area is 192 Å². The van der Waals surface area contributed by atoms with Gasteiger partial charge in [0.1, 0.15) is 5.76 Å². The first-order chi connectivity index (χ1) is 16.1. The normalized spacial score (nSPS) is 13.9. The Bertz CT molecular complexity index is 1290. The van der Waals surface area contributed by atoms with E-state index < -0.39 is 10.8 Å². The van der Waals surface area contributed by atoms with Gasteiger partial charge in [-0.3, -0.25) is 14.9 Å². The third kappa shape index (κ3) is 4.43. The van der Waals surface area contributed by atoms with Crippen molar-refractivity contribution in [2.24, 2.45) is 0 Å². The molecule has 1 saturated heterocycles. The number of thiazole rings is 1. The molecule has 2 aromatic heterocycles. The second-order valence-corrected chi connectivity index (χ2v) is 8.52. The van der Waals surface area contributed by atoms with Gasteiger partial charge in [0, 0.05) is 25.2 Å². The Hall–Kier alpha value is -3.76. The van der Waals surface area contributed by atoms with Gasteiger partial charge in [0.25, 0.3) is 11.6 Å². The van der Waals surface area contributed by atoms with Crippen LogP contribution in [0.4, 0.5) is 11.4 Å². The minimum Gasteiger partial charge on any atom is -0.457 e. The summed E-state index contributed by atoms with van der Waals surface area (Å²) in [5.74, 6) is 0.791. The molecule has 33 heavy (non-hydrogen) atoms. The Morgan fingerprint density at radius 3 is 2.76 bits per heavy atom. The van der Waals surface area contributed by atoms with Gasteiger partial charge in [-0.15, -0.1) is 11.3 Å². The summed E-state index contributed by atoms with van der Waals surface area (Å²) < 4.78 is 12.3. The SMILES string of the molecule is O=C(NCc1ccc(-c2nc3ccccc3s2)o1)c1cc([N+](=O)[O-])ccc1N1CCOCC1. The smallest absolute Gasteiger partial charge is 0.270 e. The first-order valence-electron chi connectivity index (χ1n) is 10.4. The van der Waals surface area contributed by atoms with Gasteiger partial charge in [0.2, 0.25) is 0 Å². The Kier molecular flexibility index (Phi) is 5.76. The number of morpholine rings is 1. The molecule has 0 saturated carbocycles. The van der Waals surface area contributed by atoms with Gasteiger partial charge in [-0.05, 0) is 30.3 Å². The fraction of sp³-hybridized carbons (Fsp3) is 0.217. The van der Waals surface area contributed by atoms with Crippen LogP contribution in [-0.4, -0.2) is 42.1 Å². The molecule has 1 aliphatic heterocycles. The number of nitrogens with zero attached hydrogens (tertiary/aromatic N) is 3. The van der Waals surface area contributed by atoms with E-state index in [1.54, 1.807) is 12.1 Å². The third-order valence-electron chi connectivity index (χ3n) is 5.38. The van der Waals surface area contributed by atoms with Gasteiger partial charge >= 0.3 is 0 Å². The van der Waals surface area contributed by atoms with Crippen LogP contribution in [-0.2, 0) is 11.3 Å². The fourth-order valence-corrected chi connectivity index (χ4v) is 4.66. The van der Waals surface area contributed by atoms with Crippen molar-refractivity contribution >= 4 is 38.8 Å². The van der Waals surface area contributed by atoms with E-state index in [1.807, 2.05) is 35.2 Å². The van der Waals surface area contributed by atoms with Crippen LogP contribution in [0.15, 0.2) is 59.0 Å². The number of carbonyl (C=O) groups is 1. The van der Waals surface area contributed by atoms with Crippen molar-refractivity contribution in [3.8, 4) is 10.8 Å². The number of anilines is 1. The summed E-state index contributed by atoms with van der Waals surface area (Å²) in [6, 6.07) is 15.8. The highest BCUT2D eigenvalue weighted by atomic mass is 32.1. The zero-order valence-electron chi connectivity index (χ0n) is 17.5. The summed E-state index contributed by atoms with van der Waals surface area (Å²) >= 11 is 1.54. The van der Waals surface area contributed by atoms with Crippen LogP contribution in [0.2, 0.25) is 0 Å². The van der Waals surface area contributed by atoms with E-state index in [-0.39, 0.29) is 17.8 Å². The van der Waals surface area contributed by atoms with Crippen molar-refractivity contribution in [2.45, 2.75) is 6.54 Å². The standard InChI is InChI=1S/C23H20N4O5S/c28-22(17-13-15(27(29)30)5-7-19(17)26-9-11-31-12-10-26)24-14-16-6-8-20(32-16)23-25-18-3-1-2-4-21(18)33-23/h1-8,13H,9-12,14H2,(H,24,28). The lowest BCUT2D eigenvalue weighted by molar-refractivity contribution is -0.384. The highest BCUT2D eigenvalue weighted by Gasteiger charge is 2.22. The fourth-order valence-electron chi connectivity index (χ4n) is 3.73. The number of hydrogen-bond donors (Lipinski definition) is 1. The summed E-state index contributed by atoms with van der Waals surface area (Å²) in [6.07, 6.45) is 0. The number of carbonyl (C=O) groups excluding carboxylic acids is 1. The molecule has 10 heteroatoms. The number of rotatable bonds is 6. The molecule has 0 unspecified atom stereocenters. The highest BCUT2D eigenvalue weighted by Crippen LogP contribution is 2.31. The van der Waals surface area contributed by atoms with E-state index in [0.29, 0.717) is 43.5 Å². The van der Waals surface area contributed by atoms with Crippen molar-refractivity contribution in [1.82, 2.24) is 10.3 Å². The number of nitro groups is 1. The molecule has 9 nitrogen and oxygen atoms in total. The molecular formula is C23H20N4O5S. The number of amides is 1. The van der Waals surface area contributed by atoms with Gasteiger partial charge < -0.3 is 19.4 Å². The maximum atomic E-state index is 13.0. The molecule has 1 N–H and O–H groups in total. The molecule has 0 radical (unpaired) electrons. The Morgan fingerprint density at radius 2 is 1.97 bits per heavy atom. The number of ether oxygens (including phenoxy) is 1. The van der Waals surface area contributed by atoms with Gasteiger partial charge in [-0.2, -0.15) is 0 Å². The van der Waals surface area contributed by atoms with Crippen molar-refractivity contribution < 1.29 is 18.9 Å². The van der Waals surface area contributed by atoms with Crippen molar-refractivity contribution in [2.75, 3.05) is 31.2 Å². The number of benzene rings is 2. The van der Waals surface area contributed by atoms with Gasteiger partial charge in [0.15, 0.2) is 10.8 Å². The minimum atomic E-state index is -0.503. The number of nitrogens with one attached hydrogen (secondary N) is 1. The molecule has 1 amide bonds. The van der Waals surface area contributed by atoms with Crippen LogP contribution in [0, 0.1) is 10.1 Å². The zero-order valence-corrected chi connectivity index (χ0v) is 18.3. The second-order valence-electron chi connectivity index (χ2n) is 7.49. The van der Waals surface area contributed by atoms with E-state index in [9.17, 15) is 14.9 Å². The topological polar surface area (TPSA) is 111 Å². The number of para-hydroxylation sites is 1. The molecule has 0 spiro atoms. The number of fused-ring (bicyclic) bond motifs is 1. The molecular weight excluding hydrogens is 444 g/mol. The molecule has 3 heterocycles. The molecule has 0 atom stereocenters.